The van der Waals surface area contributed by atoms with Crippen molar-refractivity contribution < 1.29 is 4.74 Å². The summed E-state index contributed by atoms with van der Waals surface area (Å²) in [7, 11) is 1.67. The summed E-state index contributed by atoms with van der Waals surface area (Å²) in [5.74, 6) is 1.47. The molecule has 86 valence electrons. The summed E-state index contributed by atoms with van der Waals surface area (Å²) in [6.07, 6.45) is 3.68. The number of methoxy groups -OCH3 is 1. The minimum atomic E-state index is 0.0969. The molecule has 0 aromatic carbocycles. The Morgan fingerprint density at radius 1 is 1.56 bits per heavy atom. The highest BCUT2D eigenvalue weighted by Gasteiger charge is 2.08. The van der Waals surface area contributed by atoms with E-state index in [0.717, 1.165) is 11.5 Å². The van der Waals surface area contributed by atoms with Crippen LogP contribution in [0, 0.1) is 0 Å². The Labute approximate surface area is 99.2 Å². The van der Waals surface area contributed by atoms with E-state index in [1.165, 1.54) is 0 Å². The van der Waals surface area contributed by atoms with E-state index in [-0.39, 0.29) is 6.04 Å². The summed E-state index contributed by atoms with van der Waals surface area (Å²) in [5, 5.41) is 3.32. The topological polar surface area (TPSA) is 38.6 Å². The number of nitrogens with one attached hydrogen (secondary N) is 1. The normalized spacial score (nSPS) is 12.9. The second kappa shape index (κ2) is 5.18. The van der Waals surface area contributed by atoms with Crippen LogP contribution in [0.2, 0.25) is 0 Å². The summed E-state index contributed by atoms with van der Waals surface area (Å²) < 4.78 is 7.07. The summed E-state index contributed by atoms with van der Waals surface area (Å²) >= 11 is 5.85. The molecule has 16 heavy (non-hydrogen) atoms. The molecular formula is C11H14ClN3O. The Morgan fingerprint density at radius 2 is 2.44 bits per heavy atom. The fourth-order valence-corrected chi connectivity index (χ4v) is 1.77. The fourth-order valence-electron chi connectivity index (χ4n) is 1.60. The first-order valence-corrected chi connectivity index (χ1v) is 5.62. The Balaban J connectivity index is 2.22. The molecule has 0 radical (unpaired) electrons. The zero-order valence-electron chi connectivity index (χ0n) is 9.06. The van der Waals surface area contributed by atoms with Crippen molar-refractivity contribution in [2.45, 2.75) is 6.04 Å². The summed E-state index contributed by atoms with van der Waals surface area (Å²) in [4.78, 5) is 4.22. The second-order valence-corrected chi connectivity index (χ2v) is 3.83. The van der Waals surface area contributed by atoms with E-state index in [1.54, 1.807) is 13.3 Å². The van der Waals surface area contributed by atoms with E-state index in [2.05, 4.69) is 10.3 Å². The quantitative estimate of drug-likeness (QED) is 0.812. The molecule has 0 saturated heterocycles. The lowest BCUT2D eigenvalue weighted by Gasteiger charge is -2.17. The van der Waals surface area contributed by atoms with E-state index in [1.807, 2.05) is 28.8 Å². The molecule has 5 heteroatoms. The highest BCUT2D eigenvalue weighted by molar-refractivity contribution is 6.18. The first kappa shape index (κ1) is 11.2. The third kappa shape index (κ3) is 2.28. The van der Waals surface area contributed by atoms with Gasteiger partial charge in [-0.25, -0.2) is 4.98 Å². The van der Waals surface area contributed by atoms with Crippen LogP contribution in [0.15, 0.2) is 30.6 Å². The highest BCUT2D eigenvalue weighted by Crippen LogP contribution is 2.12. The standard InChI is InChI=1S/C11H14ClN3O/c1-16-8-9(7-12)14-11-4-2-3-10-13-5-6-15(10)11/h2-6,9,14H,7-8H2,1H3. The maximum Gasteiger partial charge on any atom is 0.138 e. The van der Waals surface area contributed by atoms with Crippen LogP contribution in [-0.2, 0) is 4.74 Å². The molecule has 0 aliphatic heterocycles. The van der Waals surface area contributed by atoms with Crippen LogP contribution in [0.5, 0.6) is 0 Å². The largest absolute Gasteiger partial charge is 0.383 e. The van der Waals surface area contributed by atoms with E-state index in [9.17, 15) is 0 Å². The average molecular weight is 240 g/mol. The number of pyridine rings is 1. The predicted molar refractivity (Wildman–Crippen MR) is 65.2 cm³/mol. The van der Waals surface area contributed by atoms with E-state index in [4.69, 9.17) is 16.3 Å². The Bertz CT molecular complexity index is 457. The van der Waals surface area contributed by atoms with Gasteiger partial charge in [-0.1, -0.05) is 6.07 Å². The molecule has 1 atom stereocenters. The third-order valence-corrected chi connectivity index (χ3v) is 2.71. The number of alkyl halides is 1. The van der Waals surface area contributed by atoms with Gasteiger partial charge in [0.2, 0.25) is 0 Å². The van der Waals surface area contributed by atoms with Gasteiger partial charge in [-0.2, -0.15) is 0 Å². The monoisotopic (exact) mass is 239 g/mol. The van der Waals surface area contributed by atoms with Gasteiger partial charge in [-0.15, -0.1) is 11.6 Å². The van der Waals surface area contributed by atoms with Crippen molar-refractivity contribution >= 4 is 23.1 Å². The van der Waals surface area contributed by atoms with Gasteiger partial charge >= 0.3 is 0 Å². The number of aromatic nitrogens is 2. The van der Waals surface area contributed by atoms with Crippen molar-refractivity contribution in [3.8, 4) is 0 Å². The van der Waals surface area contributed by atoms with Crippen LogP contribution in [0.4, 0.5) is 5.82 Å². The van der Waals surface area contributed by atoms with Crippen LogP contribution in [-0.4, -0.2) is 35.0 Å². The Hall–Kier alpha value is -1.26. The molecule has 0 aliphatic carbocycles. The fraction of sp³-hybridized carbons (Fsp3) is 0.364. The van der Waals surface area contributed by atoms with Crippen molar-refractivity contribution in [2.75, 3.05) is 24.9 Å². The van der Waals surface area contributed by atoms with Crippen LogP contribution in [0.25, 0.3) is 5.65 Å². The van der Waals surface area contributed by atoms with Crippen molar-refractivity contribution in [3.63, 3.8) is 0 Å². The number of hydrogen-bond donors (Lipinski definition) is 1. The van der Waals surface area contributed by atoms with Gasteiger partial charge < -0.3 is 10.1 Å². The van der Waals surface area contributed by atoms with E-state index in [0.29, 0.717) is 12.5 Å². The SMILES string of the molecule is COCC(CCl)Nc1cccc2nccn12. The van der Waals surface area contributed by atoms with Crippen LogP contribution in [0.1, 0.15) is 0 Å². The maximum absolute atomic E-state index is 5.85. The smallest absolute Gasteiger partial charge is 0.138 e. The molecule has 1 unspecified atom stereocenters. The maximum atomic E-state index is 5.85. The zero-order chi connectivity index (χ0) is 11.4. The van der Waals surface area contributed by atoms with Gasteiger partial charge in [0.1, 0.15) is 11.5 Å². The lowest BCUT2D eigenvalue weighted by molar-refractivity contribution is 0.191. The Kier molecular flexibility index (Phi) is 3.64. The van der Waals surface area contributed by atoms with Crippen LogP contribution in [0.3, 0.4) is 0 Å². The number of anilines is 1. The van der Waals surface area contributed by atoms with Crippen molar-refractivity contribution in [3.05, 3.63) is 30.6 Å². The molecule has 0 aliphatic rings. The number of rotatable bonds is 5. The van der Waals surface area contributed by atoms with Crippen molar-refractivity contribution in [1.29, 1.82) is 0 Å². The first-order chi connectivity index (χ1) is 7.85. The van der Waals surface area contributed by atoms with Crippen molar-refractivity contribution in [2.24, 2.45) is 0 Å². The molecule has 0 fully saturated rings. The highest BCUT2D eigenvalue weighted by atomic mass is 35.5. The summed E-state index contributed by atoms with van der Waals surface area (Å²) in [6, 6.07) is 6.00. The molecule has 1 N–H and O–H groups in total. The van der Waals surface area contributed by atoms with Crippen LogP contribution < -0.4 is 5.32 Å². The third-order valence-electron chi connectivity index (χ3n) is 2.33. The minimum Gasteiger partial charge on any atom is -0.383 e. The lowest BCUT2D eigenvalue weighted by Crippen LogP contribution is -2.27. The molecule has 4 nitrogen and oxygen atoms in total. The summed E-state index contributed by atoms with van der Waals surface area (Å²) in [5.41, 5.74) is 0.913. The molecule has 0 saturated carbocycles. The number of fused-ring (bicyclic) bond motifs is 1. The molecule has 2 aromatic rings. The average Bonchev–Trinajstić information content (AvgIpc) is 2.77. The zero-order valence-corrected chi connectivity index (χ0v) is 9.81. The number of nitrogens with zero attached hydrogens (tertiary/aromatic N) is 2. The molecule has 2 rings (SSSR count). The van der Waals surface area contributed by atoms with Gasteiger partial charge in [-0.05, 0) is 12.1 Å². The molecule has 0 spiro atoms. The number of ether oxygens (including phenoxy) is 1. The number of imidazole rings is 1. The van der Waals surface area contributed by atoms with Gasteiger partial charge in [0, 0.05) is 25.4 Å². The van der Waals surface area contributed by atoms with Gasteiger partial charge in [0.05, 0.1) is 12.6 Å². The van der Waals surface area contributed by atoms with E-state index >= 15 is 0 Å². The first-order valence-electron chi connectivity index (χ1n) is 5.08. The van der Waals surface area contributed by atoms with Gasteiger partial charge in [0.15, 0.2) is 0 Å². The Morgan fingerprint density at radius 3 is 3.19 bits per heavy atom. The van der Waals surface area contributed by atoms with E-state index < -0.39 is 0 Å². The van der Waals surface area contributed by atoms with Crippen LogP contribution >= 0.6 is 11.6 Å². The number of halogens is 1. The lowest BCUT2D eigenvalue weighted by atomic mass is 10.3. The summed E-state index contributed by atoms with van der Waals surface area (Å²) in [6.45, 7) is 0.578. The second-order valence-electron chi connectivity index (χ2n) is 3.52. The molecule has 0 bridgehead atoms. The van der Waals surface area contributed by atoms with Crippen molar-refractivity contribution in [1.82, 2.24) is 9.38 Å². The van der Waals surface area contributed by atoms with Gasteiger partial charge in [0.25, 0.3) is 0 Å². The number of hydrogen-bond acceptors (Lipinski definition) is 3. The minimum absolute atomic E-state index is 0.0969. The molecule has 2 heterocycles. The molecule has 2 aromatic heterocycles. The molecule has 0 amide bonds. The predicted octanol–water partition coefficient (Wildman–Crippen LogP) is 2.00. The molecular weight excluding hydrogens is 226 g/mol. The van der Waals surface area contributed by atoms with Gasteiger partial charge in [-0.3, -0.25) is 4.40 Å².